The average molecular weight is 383 g/mol. The second kappa shape index (κ2) is 8.73. The van der Waals surface area contributed by atoms with Crippen molar-refractivity contribution in [1.82, 2.24) is 19.9 Å². The number of methoxy groups -OCH3 is 1. The quantitative estimate of drug-likeness (QED) is 0.674. The van der Waals surface area contributed by atoms with Gasteiger partial charge in [0.15, 0.2) is 0 Å². The van der Waals surface area contributed by atoms with Crippen LogP contribution in [0.25, 0.3) is 11.1 Å². The summed E-state index contributed by atoms with van der Waals surface area (Å²) in [4.78, 5) is 24.0. The molecular formula is C21H29N5O2. The first-order chi connectivity index (χ1) is 13.7. The van der Waals surface area contributed by atoms with E-state index in [0.29, 0.717) is 24.8 Å². The summed E-state index contributed by atoms with van der Waals surface area (Å²) in [5.41, 5.74) is 2.66. The molecule has 0 unspecified atom stereocenters. The van der Waals surface area contributed by atoms with Crippen molar-refractivity contribution >= 4 is 11.9 Å². The zero-order valence-corrected chi connectivity index (χ0v) is 16.6. The Hall–Kier alpha value is -2.41. The standard InChI is InChI=1S/C21H29N5O2/c1-28-10-4-7-22-20(27)19-11-17(15-26(19)14-16-5-6-16)18-12-23-21(24-13-18)25-8-2-3-9-25/h11-13,15-16H,2-10,14H2,1H3,(H,22,27). The van der Waals surface area contributed by atoms with E-state index in [2.05, 4.69) is 30.9 Å². The van der Waals surface area contributed by atoms with Gasteiger partial charge in [-0.3, -0.25) is 4.79 Å². The normalized spacial score (nSPS) is 16.5. The molecule has 1 N–H and O–H groups in total. The average Bonchev–Trinajstić information content (AvgIpc) is 3.20. The second-order valence-electron chi connectivity index (χ2n) is 7.78. The van der Waals surface area contributed by atoms with Crippen molar-refractivity contribution in [1.29, 1.82) is 0 Å². The van der Waals surface area contributed by atoms with Crippen LogP contribution in [0.3, 0.4) is 0 Å². The van der Waals surface area contributed by atoms with E-state index in [1.165, 1.54) is 25.7 Å². The lowest BCUT2D eigenvalue weighted by Gasteiger charge is -2.14. The van der Waals surface area contributed by atoms with E-state index in [9.17, 15) is 4.79 Å². The molecule has 0 bridgehead atoms. The Bertz CT molecular complexity index is 792. The third-order valence-corrected chi connectivity index (χ3v) is 5.45. The highest BCUT2D eigenvalue weighted by atomic mass is 16.5. The summed E-state index contributed by atoms with van der Waals surface area (Å²) in [5, 5.41) is 3.00. The molecule has 4 rings (SSSR count). The number of hydrogen-bond donors (Lipinski definition) is 1. The summed E-state index contributed by atoms with van der Waals surface area (Å²) in [6.45, 7) is 4.22. The molecular weight excluding hydrogens is 354 g/mol. The maximum atomic E-state index is 12.7. The fraction of sp³-hybridized carbons (Fsp3) is 0.571. The highest BCUT2D eigenvalue weighted by Crippen LogP contribution is 2.32. The molecule has 3 heterocycles. The molecule has 28 heavy (non-hydrogen) atoms. The van der Waals surface area contributed by atoms with Crippen LogP contribution in [0.15, 0.2) is 24.7 Å². The SMILES string of the molecule is COCCCNC(=O)c1cc(-c2cnc(N3CCCC3)nc2)cn1CC1CC1. The first-order valence-corrected chi connectivity index (χ1v) is 10.3. The number of rotatable bonds is 9. The number of hydrogen-bond acceptors (Lipinski definition) is 5. The number of anilines is 1. The van der Waals surface area contributed by atoms with Crippen LogP contribution in [-0.4, -0.2) is 53.8 Å². The van der Waals surface area contributed by atoms with Crippen LogP contribution in [0, 0.1) is 5.92 Å². The molecule has 2 fully saturated rings. The van der Waals surface area contributed by atoms with Crippen molar-refractivity contribution in [3.05, 3.63) is 30.4 Å². The van der Waals surface area contributed by atoms with Crippen LogP contribution < -0.4 is 10.2 Å². The zero-order valence-electron chi connectivity index (χ0n) is 16.6. The van der Waals surface area contributed by atoms with Gasteiger partial charge >= 0.3 is 0 Å². The third kappa shape index (κ3) is 4.52. The van der Waals surface area contributed by atoms with Gasteiger partial charge in [-0.05, 0) is 44.1 Å². The number of amides is 1. The summed E-state index contributed by atoms with van der Waals surface area (Å²) in [7, 11) is 1.67. The fourth-order valence-electron chi connectivity index (χ4n) is 3.65. The Kier molecular flexibility index (Phi) is 5.90. The van der Waals surface area contributed by atoms with Crippen LogP contribution in [-0.2, 0) is 11.3 Å². The van der Waals surface area contributed by atoms with Crippen LogP contribution in [0.5, 0.6) is 0 Å². The summed E-state index contributed by atoms with van der Waals surface area (Å²) >= 11 is 0. The molecule has 7 heteroatoms. The van der Waals surface area contributed by atoms with Crippen molar-refractivity contribution in [3.63, 3.8) is 0 Å². The molecule has 0 radical (unpaired) electrons. The number of carbonyl (C=O) groups is 1. The van der Waals surface area contributed by atoms with Gasteiger partial charge in [0.1, 0.15) is 5.69 Å². The van der Waals surface area contributed by atoms with Gasteiger partial charge in [-0.2, -0.15) is 0 Å². The van der Waals surface area contributed by atoms with Crippen molar-refractivity contribution in [2.45, 2.75) is 38.6 Å². The number of carbonyl (C=O) groups excluding carboxylic acids is 1. The lowest BCUT2D eigenvalue weighted by atomic mass is 10.2. The minimum Gasteiger partial charge on any atom is -0.385 e. The largest absolute Gasteiger partial charge is 0.385 e. The van der Waals surface area contributed by atoms with E-state index in [4.69, 9.17) is 4.74 Å². The lowest BCUT2D eigenvalue weighted by molar-refractivity contribution is 0.0939. The van der Waals surface area contributed by atoms with Crippen molar-refractivity contribution in [2.75, 3.05) is 38.3 Å². The van der Waals surface area contributed by atoms with Crippen LogP contribution in [0.1, 0.15) is 42.6 Å². The minimum absolute atomic E-state index is 0.0300. The Balaban J connectivity index is 1.50. The van der Waals surface area contributed by atoms with Gasteiger partial charge in [-0.25, -0.2) is 9.97 Å². The first kappa shape index (κ1) is 18.9. The molecule has 0 atom stereocenters. The Morgan fingerprint density at radius 3 is 2.64 bits per heavy atom. The van der Waals surface area contributed by atoms with Gasteiger partial charge in [0.25, 0.3) is 5.91 Å². The highest BCUT2D eigenvalue weighted by molar-refractivity contribution is 5.94. The molecule has 1 saturated carbocycles. The maximum absolute atomic E-state index is 12.7. The Morgan fingerprint density at radius 2 is 1.96 bits per heavy atom. The van der Waals surface area contributed by atoms with E-state index in [1.54, 1.807) is 7.11 Å². The Morgan fingerprint density at radius 1 is 1.21 bits per heavy atom. The summed E-state index contributed by atoms with van der Waals surface area (Å²) < 4.78 is 7.14. The monoisotopic (exact) mass is 383 g/mol. The molecule has 0 aromatic carbocycles. The van der Waals surface area contributed by atoms with Crippen LogP contribution >= 0.6 is 0 Å². The number of nitrogens with zero attached hydrogens (tertiary/aromatic N) is 4. The predicted octanol–water partition coefficient (Wildman–Crippen LogP) is 2.72. The van der Waals surface area contributed by atoms with E-state index < -0.39 is 0 Å². The predicted molar refractivity (Wildman–Crippen MR) is 108 cm³/mol. The van der Waals surface area contributed by atoms with Gasteiger partial charge in [0.05, 0.1) is 0 Å². The van der Waals surface area contributed by atoms with Gasteiger partial charge in [-0.1, -0.05) is 0 Å². The molecule has 1 aliphatic carbocycles. The fourth-order valence-corrected chi connectivity index (χ4v) is 3.65. The number of nitrogens with one attached hydrogen (secondary N) is 1. The highest BCUT2D eigenvalue weighted by Gasteiger charge is 2.24. The van der Waals surface area contributed by atoms with E-state index in [1.807, 2.05) is 18.5 Å². The summed E-state index contributed by atoms with van der Waals surface area (Å²) in [6.07, 6.45) is 11.5. The van der Waals surface area contributed by atoms with Crippen molar-refractivity contribution in [2.24, 2.45) is 5.92 Å². The molecule has 1 amide bonds. The van der Waals surface area contributed by atoms with Crippen LogP contribution in [0.2, 0.25) is 0 Å². The third-order valence-electron chi connectivity index (χ3n) is 5.45. The smallest absolute Gasteiger partial charge is 0.267 e. The zero-order chi connectivity index (χ0) is 19.3. The molecule has 7 nitrogen and oxygen atoms in total. The molecule has 2 aromatic rings. The second-order valence-corrected chi connectivity index (χ2v) is 7.78. The van der Waals surface area contributed by atoms with Gasteiger partial charge in [0, 0.05) is 69.6 Å². The minimum atomic E-state index is -0.0300. The summed E-state index contributed by atoms with van der Waals surface area (Å²) in [5.74, 6) is 1.46. The maximum Gasteiger partial charge on any atom is 0.267 e. The Labute approximate surface area is 166 Å². The molecule has 150 valence electrons. The molecule has 2 aliphatic rings. The topological polar surface area (TPSA) is 72.3 Å². The van der Waals surface area contributed by atoms with E-state index in [-0.39, 0.29) is 5.91 Å². The lowest BCUT2D eigenvalue weighted by Crippen LogP contribution is -2.27. The van der Waals surface area contributed by atoms with Crippen LogP contribution in [0.4, 0.5) is 5.95 Å². The molecule has 0 spiro atoms. The first-order valence-electron chi connectivity index (χ1n) is 10.3. The van der Waals surface area contributed by atoms with E-state index in [0.717, 1.165) is 43.1 Å². The van der Waals surface area contributed by atoms with Crippen molar-refractivity contribution < 1.29 is 9.53 Å². The molecule has 2 aromatic heterocycles. The van der Waals surface area contributed by atoms with Gasteiger partial charge in [-0.15, -0.1) is 0 Å². The van der Waals surface area contributed by atoms with Gasteiger partial charge < -0.3 is 19.5 Å². The summed E-state index contributed by atoms with van der Waals surface area (Å²) in [6, 6.07) is 1.96. The van der Waals surface area contributed by atoms with Gasteiger partial charge in [0.2, 0.25) is 5.95 Å². The molecule has 1 saturated heterocycles. The number of ether oxygens (including phenoxy) is 1. The number of aromatic nitrogens is 3. The molecule has 1 aliphatic heterocycles. The van der Waals surface area contributed by atoms with E-state index >= 15 is 0 Å². The van der Waals surface area contributed by atoms with Crippen molar-refractivity contribution in [3.8, 4) is 11.1 Å².